The van der Waals surface area contributed by atoms with Crippen LogP contribution in [0.4, 0.5) is 0 Å². The molecule has 25 heavy (non-hydrogen) atoms. The first kappa shape index (κ1) is 15.6. The largest absolute Gasteiger partial charge is 0.469 e. The number of carbonyl (C=O) groups is 1. The molecule has 1 aliphatic rings. The lowest BCUT2D eigenvalue weighted by molar-refractivity contribution is -0.00588. The fraction of sp³-hybridized carbons (Fsp3) is 0.278. The first-order valence-electron chi connectivity index (χ1n) is 8.14. The number of rotatable bonds is 3. The van der Waals surface area contributed by atoms with Gasteiger partial charge in [-0.25, -0.2) is 9.67 Å². The number of amides is 1. The highest BCUT2D eigenvalue weighted by Gasteiger charge is 2.34. The van der Waals surface area contributed by atoms with Crippen molar-refractivity contribution >= 4 is 5.91 Å². The van der Waals surface area contributed by atoms with E-state index in [4.69, 9.17) is 9.15 Å². The van der Waals surface area contributed by atoms with Gasteiger partial charge in [0.15, 0.2) is 5.82 Å². The van der Waals surface area contributed by atoms with Gasteiger partial charge in [-0.15, -0.1) is 0 Å². The predicted molar refractivity (Wildman–Crippen MR) is 89.4 cm³/mol. The Labute approximate surface area is 144 Å². The molecule has 7 heteroatoms. The van der Waals surface area contributed by atoms with Crippen LogP contribution in [0.5, 0.6) is 0 Å². The van der Waals surface area contributed by atoms with Crippen LogP contribution in [0.2, 0.25) is 0 Å². The second-order valence-electron chi connectivity index (χ2n) is 5.85. The Balaban J connectivity index is 1.70. The van der Waals surface area contributed by atoms with Crippen molar-refractivity contribution in [3.8, 4) is 5.69 Å². The number of ether oxygens (including phenoxy) is 1. The Morgan fingerprint density at radius 1 is 1.24 bits per heavy atom. The minimum absolute atomic E-state index is 0.0813. The van der Waals surface area contributed by atoms with E-state index in [0.717, 1.165) is 5.69 Å². The van der Waals surface area contributed by atoms with Gasteiger partial charge in [0.1, 0.15) is 18.1 Å². The summed E-state index contributed by atoms with van der Waals surface area (Å²) in [5.41, 5.74) is 1.46. The molecule has 1 aromatic carbocycles. The van der Waals surface area contributed by atoms with E-state index in [-0.39, 0.29) is 11.9 Å². The molecule has 128 valence electrons. The molecule has 0 aliphatic carbocycles. The minimum atomic E-state index is -0.307. The molecule has 7 nitrogen and oxygen atoms in total. The lowest BCUT2D eigenvalue weighted by Gasteiger charge is -2.34. The van der Waals surface area contributed by atoms with Gasteiger partial charge in [-0.3, -0.25) is 4.79 Å². The third-order valence-electron chi connectivity index (χ3n) is 4.35. The molecule has 0 saturated carbocycles. The van der Waals surface area contributed by atoms with Gasteiger partial charge in [-0.05, 0) is 25.1 Å². The van der Waals surface area contributed by atoms with Crippen LogP contribution in [-0.2, 0) is 4.74 Å². The van der Waals surface area contributed by atoms with Crippen LogP contribution >= 0.6 is 0 Å². The van der Waals surface area contributed by atoms with E-state index in [1.165, 1.54) is 12.6 Å². The van der Waals surface area contributed by atoms with Crippen molar-refractivity contribution in [1.29, 1.82) is 0 Å². The van der Waals surface area contributed by atoms with Crippen LogP contribution in [0, 0.1) is 6.92 Å². The summed E-state index contributed by atoms with van der Waals surface area (Å²) in [4.78, 5) is 19.2. The highest BCUT2D eigenvalue weighted by molar-refractivity contribution is 5.95. The van der Waals surface area contributed by atoms with Crippen LogP contribution in [0.25, 0.3) is 5.69 Å². The Hall–Kier alpha value is -2.93. The minimum Gasteiger partial charge on any atom is -0.469 e. The van der Waals surface area contributed by atoms with Crippen LogP contribution in [0.1, 0.15) is 28.0 Å². The summed E-state index contributed by atoms with van der Waals surface area (Å²) >= 11 is 0. The molecule has 2 aromatic heterocycles. The fourth-order valence-corrected chi connectivity index (χ4v) is 3.07. The normalized spacial score (nSPS) is 17.6. The molecule has 1 atom stereocenters. The number of hydrogen-bond acceptors (Lipinski definition) is 5. The standard InChI is InChI=1S/C18H18N4O3/c1-13-15(7-9-25-13)18(23)21-8-10-24-11-16(21)17-19-12-20-22(17)14-5-3-2-4-6-14/h2-7,9,12,16H,8,10-11H2,1H3. The Morgan fingerprint density at radius 3 is 2.84 bits per heavy atom. The maximum Gasteiger partial charge on any atom is 0.258 e. The molecule has 1 aliphatic heterocycles. The quantitative estimate of drug-likeness (QED) is 0.733. The lowest BCUT2D eigenvalue weighted by Crippen LogP contribution is -2.44. The average molecular weight is 338 g/mol. The van der Waals surface area contributed by atoms with Gasteiger partial charge in [0, 0.05) is 6.54 Å². The van der Waals surface area contributed by atoms with E-state index >= 15 is 0 Å². The van der Waals surface area contributed by atoms with E-state index in [0.29, 0.717) is 36.9 Å². The number of morpholine rings is 1. The summed E-state index contributed by atoms with van der Waals surface area (Å²) in [7, 11) is 0. The third-order valence-corrected chi connectivity index (χ3v) is 4.35. The highest BCUT2D eigenvalue weighted by atomic mass is 16.5. The van der Waals surface area contributed by atoms with Crippen molar-refractivity contribution in [3.05, 3.63) is 66.1 Å². The van der Waals surface area contributed by atoms with Gasteiger partial charge in [-0.2, -0.15) is 5.10 Å². The maximum atomic E-state index is 13.0. The molecule has 0 radical (unpaired) electrons. The molecule has 0 N–H and O–H groups in total. The molecular weight excluding hydrogens is 320 g/mol. The zero-order valence-corrected chi connectivity index (χ0v) is 13.8. The molecule has 0 spiro atoms. The van der Waals surface area contributed by atoms with Crippen LogP contribution in [-0.4, -0.2) is 45.3 Å². The van der Waals surface area contributed by atoms with Gasteiger partial charge >= 0.3 is 0 Å². The first-order chi connectivity index (χ1) is 12.3. The number of aryl methyl sites for hydroxylation is 1. The summed E-state index contributed by atoms with van der Waals surface area (Å²) in [6.07, 6.45) is 3.03. The molecule has 3 aromatic rings. The number of aromatic nitrogens is 3. The van der Waals surface area contributed by atoms with Crippen LogP contribution in [0.15, 0.2) is 53.4 Å². The summed E-state index contributed by atoms with van der Waals surface area (Å²) in [6, 6.07) is 11.1. The fourth-order valence-electron chi connectivity index (χ4n) is 3.07. The number of hydrogen-bond donors (Lipinski definition) is 0. The summed E-state index contributed by atoms with van der Waals surface area (Å²) in [5.74, 6) is 1.21. The zero-order valence-electron chi connectivity index (χ0n) is 13.8. The number of para-hydroxylation sites is 1. The number of benzene rings is 1. The predicted octanol–water partition coefficient (Wildman–Crippen LogP) is 2.38. The molecule has 1 amide bonds. The van der Waals surface area contributed by atoms with E-state index in [2.05, 4.69) is 10.1 Å². The maximum absolute atomic E-state index is 13.0. The first-order valence-corrected chi connectivity index (χ1v) is 8.14. The number of carbonyl (C=O) groups excluding carboxylic acids is 1. The Morgan fingerprint density at radius 2 is 2.08 bits per heavy atom. The van der Waals surface area contributed by atoms with Crippen molar-refractivity contribution in [2.75, 3.05) is 19.8 Å². The Bertz CT molecular complexity index is 871. The SMILES string of the molecule is Cc1occc1C(=O)N1CCOCC1c1ncnn1-c1ccccc1. The Kier molecular flexibility index (Phi) is 4.07. The number of nitrogens with zero attached hydrogens (tertiary/aromatic N) is 4. The highest BCUT2D eigenvalue weighted by Crippen LogP contribution is 2.27. The van der Waals surface area contributed by atoms with E-state index in [1.807, 2.05) is 30.3 Å². The van der Waals surface area contributed by atoms with E-state index in [9.17, 15) is 4.79 Å². The van der Waals surface area contributed by atoms with E-state index < -0.39 is 0 Å². The molecule has 3 heterocycles. The second kappa shape index (κ2) is 6.52. The molecule has 0 bridgehead atoms. The molecule has 4 rings (SSSR count). The van der Waals surface area contributed by atoms with Gasteiger partial charge in [0.2, 0.25) is 0 Å². The van der Waals surface area contributed by atoms with Crippen molar-refractivity contribution in [1.82, 2.24) is 19.7 Å². The zero-order chi connectivity index (χ0) is 17.2. The van der Waals surface area contributed by atoms with Gasteiger partial charge in [-0.1, -0.05) is 18.2 Å². The van der Waals surface area contributed by atoms with Crippen LogP contribution < -0.4 is 0 Å². The monoisotopic (exact) mass is 338 g/mol. The smallest absolute Gasteiger partial charge is 0.258 e. The lowest BCUT2D eigenvalue weighted by atomic mass is 10.1. The third kappa shape index (κ3) is 2.83. The second-order valence-corrected chi connectivity index (χ2v) is 5.85. The molecule has 1 unspecified atom stereocenters. The van der Waals surface area contributed by atoms with Gasteiger partial charge < -0.3 is 14.1 Å². The summed E-state index contributed by atoms with van der Waals surface area (Å²) < 4.78 is 12.7. The summed E-state index contributed by atoms with van der Waals surface area (Å²) in [5, 5.41) is 4.33. The molecule has 1 fully saturated rings. The molecular formula is C18H18N4O3. The topological polar surface area (TPSA) is 73.4 Å². The van der Waals surface area contributed by atoms with Gasteiger partial charge in [0.25, 0.3) is 5.91 Å². The van der Waals surface area contributed by atoms with Crippen LogP contribution in [0.3, 0.4) is 0 Å². The van der Waals surface area contributed by atoms with Crippen molar-refractivity contribution < 1.29 is 13.9 Å². The van der Waals surface area contributed by atoms with Crippen molar-refractivity contribution in [2.24, 2.45) is 0 Å². The van der Waals surface area contributed by atoms with Crippen molar-refractivity contribution in [3.63, 3.8) is 0 Å². The number of furan rings is 1. The summed E-state index contributed by atoms with van der Waals surface area (Å²) in [6.45, 7) is 3.16. The average Bonchev–Trinajstić information content (AvgIpc) is 3.31. The van der Waals surface area contributed by atoms with E-state index in [1.54, 1.807) is 22.6 Å². The van der Waals surface area contributed by atoms with Crippen molar-refractivity contribution in [2.45, 2.75) is 13.0 Å². The molecule has 1 saturated heterocycles. The van der Waals surface area contributed by atoms with Gasteiger partial charge in [0.05, 0.1) is 30.7 Å².